The lowest BCUT2D eigenvalue weighted by Crippen LogP contribution is -2.12. The summed E-state index contributed by atoms with van der Waals surface area (Å²) in [5, 5.41) is 13.8. The van der Waals surface area contributed by atoms with Crippen molar-refractivity contribution in [1.29, 1.82) is 0 Å². The highest BCUT2D eigenvalue weighted by Gasteiger charge is 2.28. The van der Waals surface area contributed by atoms with Crippen LogP contribution in [0.2, 0.25) is 0 Å². The Morgan fingerprint density at radius 2 is 2.19 bits per heavy atom. The summed E-state index contributed by atoms with van der Waals surface area (Å²) < 4.78 is 27.0. The molecule has 1 atom stereocenters. The number of nitro benzene ring substituents is 1. The Balaban J connectivity index is 1.98. The number of benzene rings is 1. The van der Waals surface area contributed by atoms with E-state index in [1.54, 1.807) is 6.20 Å². The molecule has 1 aromatic heterocycles. The van der Waals surface area contributed by atoms with Gasteiger partial charge in [0.15, 0.2) is 5.82 Å². The molecule has 1 unspecified atom stereocenters. The highest BCUT2D eigenvalue weighted by molar-refractivity contribution is 5.63. The maximum absolute atomic E-state index is 13.9. The maximum atomic E-state index is 13.9. The third-order valence-electron chi connectivity index (χ3n) is 3.51. The normalized spacial score (nSPS) is 16.6. The zero-order valence-corrected chi connectivity index (χ0v) is 10.8. The largest absolute Gasteiger partial charge is 0.369 e. The van der Waals surface area contributed by atoms with E-state index in [1.165, 1.54) is 0 Å². The highest BCUT2D eigenvalue weighted by Crippen LogP contribution is 2.36. The first kappa shape index (κ1) is 13.4. The van der Waals surface area contributed by atoms with Gasteiger partial charge in [0.2, 0.25) is 0 Å². The van der Waals surface area contributed by atoms with Gasteiger partial charge in [0, 0.05) is 12.3 Å². The van der Waals surface area contributed by atoms with Crippen LogP contribution in [0.4, 0.5) is 20.2 Å². The van der Waals surface area contributed by atoms with Gasteiger partial charge in [-0.1, -0.05) is 6.07 Å². The van der Waals surface area contributed by atoms with Crippen LogP contribution in [-0.4, -0.2) is 9.91 Å². The van der Waals surface area contributed by atoms with Gasteiger partial charge in [0.05, 0.1) is 22.7 Å². The number of rotatable bonds is 3. The van der Waals surface area contributed by atoms with Crippen molar-refractivity contribution in [3.63, 3.8) is 0 Å². The van der Waals surface area contributed by atoms with E-state index in [1.807, 2.05) is 12.1 Å². The van der Waals surface area contributed by atoms with Crippen molar-refractivity contribution in [2.24, 2.45) is 0 Å². The number of hydrogen-bond acceptors (Lipinski definition) is 4. The summed E-state index contributed by atoms with van der Waals surface area (Å²) in [6.45, 7) is 0. The summed E-state index contributed by atoms with van der Waals surface area (Å²) in [5.74, 6) is -1.96. The molecule has 1 aliphatic rings. The second kappa shape index (κ2) is 5.08. The number of pyridine rings is 1. The predicted octanol–water partition coefficient (Wildman–Crippen LogP) is 3.37. The number of halogens is 2. The van der Waals surface area contributed by atoms with Gasteiger partial charge >= 0.3 is 0 Å². The van der Waals surface area contributed by atoms with Crippen LogP contribution < -0.4 is 5.32 Å². The fourth-order valence-electron chi connectivity index (χ4n) is 2.57. The van der Waals surface area contributed by atoms with Crippen molar-refractivity contribution < 1.29 is 13.7 Å². The van der Waals surface area contributed by atoms with Gasteiger partial charge in [-0.2, -0.15) is 0 Å². The van der Waals surface area contributed by atoms with E-state index in [4.69, 9.17) is 0 Å². The quantitative estimate of drug-likeness (QED) is 0.695. The summed E-state index contributed by atoms with van der Waals surface area (Å²) >= 11 is 0. The summed E-state index contributed by atoms with van der Waals surface area (Å²) in [7, 11) is 0. The van der Waals surface area contributed by atoms with Gasteiger partial charge in [0.25, 0.3) is 5.69 Å². The monoisotopic (exact) mass is 291 g/mol. The van der Waals surface area contributed by atoms with Crippen molar-refractivity contribution in [1.82, 2.24) is 4.98 Å². The highest BCUT2D eigenvalue weighted by atomic mass is 19.1. The fourth-order valence-corrected chi connectivity index (χ4v) is 2.57. The molecule has 0 bridgehead atoms. The Kier molecular flexibility index (Phi) is 3.25. The number of anilines is 1. The number of aromatic nitrogens is 1. The molecule has 1 aromatic carbocycles. The van der Waals surface area contributed by atoms with Crippen molar-refractivity contribution in [2.45, 2.75) is 18.9 Å². The standard InChI is InChI=1S/C14H11F2N3O2/c15-9-6-10(16)14(12(7-9)19(20)21)18-11-4-3-8-2-1-5-17-13(8)11/h1-2,5-7,11,18H,3-4H2. The Labute approximate surface area is 118 Å². The lowest BCUT2D eigenvalue weighted by atomic mass is 10.2. The molecular weight excluding hydrogens is 280 g/mol. The molecule has 108 valence electrons. The van der Waals surface area contributed by atoms with Gasteiger partial charge in [-0.3, -0.25) is 15.1 Å². The molecule has 7 heteroatoms. The smallest absolute Gasteiger partial charge is 0.298 e. The van der Waals surface area contributed by atoms with Crippen LogP contribution in [0, 0.1) is 21.7 Å². The Morgan fingerprint density at radius 1 is 1.38 bits per heavy atom. The third-order valence-corrected chi connectivity index (χ3v) is 3.51. The van der Waals surface area contributed by atoms with E-state index in [-0.39, 0.29) is 11.7 Å². The van der Waals surface area contributed by atoms with Crippen LogP contribution in [0.1, 0.15) is 23.7 Å². The van der Waals surface area contributed by atoms with E-state index in [2.05, 4.69) is 10.3 Å². The molecular formula is C14H11F2N3O2. The summed E-state index contributed by atoms with van der Waals surface area (Å²) in [6, 6.07) is 4.74. The summed E-state index contributed by atoms with van der Waals surface area (Å²) in [5.41, 5.74) is 0.859. The molecule has 3 rings (SSSR count). The molecule has 2 aromatic rings. The number of nitrogens with one attached hydrogen (secondary N) is 1. The van der Waals surface area contributed by atoms with E-state index in [0.29, 0.717) is 18.6 Å². The molecule has 0 radical (unpaired) electrons. The van der Waals surface area contributed by atoms with E-state index >= 15 is 0 Å². The summed E-state index contributed by atoms with van der Waals surface area (Å²) in [4.78, 5) is 14.4. The summed E-state index contributed by atoms with van der Waals surface area (Å²) in [6.07, 6.45) is 3.03. The predicted molar refractivity (Wildman–Crippen MR) is 71.9 cm³/mol. The molecule has 0 saturated heterocycles. The second-order valence-electron chi connectivity index (χ2n) is 4.82. The van der Waals surface area contributed by atoms with Crippen LogP contribution in [0.25, 0.3) is 0 Å². The molecule has 0 spiro atoms. The van der Waals surface area contributed by atoms with Crippen LogP contribution in [0.5, 0.6) is 0 Å². The van der Waals surface area contributed by atoms with E-state index < -0.39 is 22.2 Å². The topological polar surface area (TPSA) is 68.1 Å². The first-order valence-electron chi connectivity index (χ1n) is 6.40. The van der Waals surface area contributed by atoms with Crippen molar-refractivity contribution in [2.75, 3.05) is 5.32 Å². The molecule has 0 fully saturated rings. The number of nitro groups is 1. The third kappa shape index (κ3) is 2.42. The minimum atomic E-state index is -0.980. The zero-order chi connectivity index (χ0) is 15.0. The van der Waals surface area contributed by atoms with Gasteiger partial charge in [-0.05, 0) is 24.5 Å². The average molecular weight is 291 g/mol. The van der Waals surface area contributed by atoms with Gasteiger partial charge in [-0.15, -0.1) is 0 Å². The van der Waals surface area contributed by atoms with E-state index in [9.17, 15) is 18.9 Å². The average Bonchev–Trinajstić information content (AvgIpc) is 2.84. The van der Waals surface area contributed by atoms with Crippen molar-refractivity contribution in [3.8, 4) is 0 Å². The molecule has 0 amide bonds. The lowest BCUT2D eigenvalue weighted by Gasteiger charge is -2.15. The zero-order valence-electron chi connectivity index (χ0n) is 10.8. The Hall–Kier alpha value is -2.57. The minimum absolute atomic E-state index is 0.301. The fraction of sp³-hybridized carbons (Fsp3) is 0.214. The molecule has 5 nitrogen and oxygen atoms in total. The number of aryl methyl sites for hydroxylation is 1. The molecule has 21 heavy (non-hydrogen) atoms. The molecule has 0 saturated carbocycles. The van der Waals surface area contributed by atoms with Crippen LogP contribution in [0.3, 0.4) is 0 Å². The van der Waals surface area contributed by atoms with E-state index in [0.717, 1.165) is 17.7 Å². The maximum Gasteiger partial charge on any atom is 0.298 e. The molecule has 1 N–H and O–H groups in total. The van der Waals surface area contributed by atoms with Crippen LogP contribution in [0.15, 0.2) is 30.5 Å². The van der Waals surface area contributed by atoms with Crippen molar-refractivity contribution >= 4 is 11.4 Å². The number of hydrogen-bond donors (Lipinski definition) is 1. The van der Waals surface area contributed by atoms with Crippen molar-refractivity contribution in [3.05, 3.63) is 63.5 Å². The SMILES string of the molecule is O=[N+]([O-])c1cc(F)cc(F)c1NC1CCc2cccnc21. The van der Waals surface area contributed by atoms with Gasteiger partial charge < -0.3 is 5.32 Å². The van der Waals surface area contributed by atoms with Crippen LogP contribution >= 0.6 is 0 Å². The number of fused-ring (bicyclic) bond motifs is 1. The molecule has 0 aliphatic heterocycles. The molecule has 1 heterocycles. The second-order valence-corrected chi connectivity index (χ2v) is 4.82. The Morgan fingerprint density at radius 3 is 2.95 bits per heavy atom. The molecule has 1 aliphatic carbocycles. The lowest BCUT2D eigenvalue weighted by molar-refractivity contribution is -0.384. The van der Waals surface area contributed by atoms with Gasteiger partial charge in [0.1, 0.15) is 11.5 Å². The number of nitrogens with zero attached hydrogens (tertiary/aromatic N) is 2. The first-order chi connectivity index (χ1) is 10.1. The van der Waals surface area contributed by atoms with Crippen LogP contribution in [-0.2, 0) is 6.42 Å². The minimum Gasteiger partial charge on any atom is -0.369 e. The first-order valence-corrected chi connectivity index (χ1v) is 6.40. The Bertz CT molecular complexity index is 721. The van der Waals surface area contributed by atoms with Gasteiger partial charge in [-0.25, -0.2) is 8.78 Å².